The van der Waals surface area contributed by atoms with Crippen LogP contribution >= 0.6 is 0 Å². The number of carbonyl (C=O) groups is 4. The van der Waals surface area contributed by atoms with E-state index in [4.69, 9.17) is 4.74 Å². The molecule has 1 aliphatic heterocycles. The van der Waals surface area contributed by atoms with Crippen LogP contribution in [0.15, 0.2) is 24.3 Å². The van der Waals surface area contributed by atoms with Gasteiger partial charge in [-0.05, 0) is 82.6 Å². The minimum atomic E-state index is -1.46. The van der Waals surface area contributed by atoms with Gasteiger partial charge in [0.2, 0.25) is 11.8 Å². The zero-order valence-electron chi connectivity index (χ0n) is 25.7. The summed E-state index contributed by atoms with van der Waals surface area (Å²) in [6.45, 7) is 13.9. The van der Waals surface area contributed by atoms with Crippen LogP contribution in [0.4, 0.5) is 0 Å². The number of para-hydroxylation sites is 1. The summed E-state index contributed by atoms with van der Waals surface area (Å²) in [6.07, 6.45) is 3.80. The number of hydrogen-bond donors (Lipinski definition) is 3. The molecule has 0 fully saturated rings. The number of ether oxygens (including phenoxy) is 1. The number of rotatable bonds is 12. The zero-order valence-corrected chi connectivity index (χ0v) is 25.7. The van der Waals surface area contributed by atoms with E-state index in [1.807, 2.05) is 6.92 Å². The van der Waals surface area contributed by atoms with Crippen LogP contribution in [0.5, 0.6) is 5.75 Å². The summed E-state index contributed by atoms with van der Waals surface area (Å²) in [4.78, 5) is 55.3. The highest BCUT2D eigenvalue weighted by Gasteiger charge is 2.31. The maximum atomic E-state index is 13.5. The lowest BCUT2D eigenvalue weighted by Gasteiger charge is -2.30. The van der Waals surface area contributed by atoms with Crippen molar-refractivity contribution in [1.29, 1.82) is 0 Å². The summed E-state index contributed by atoms with van der Waals surface area (Å²) in [7, 11) is 1.67. The molecular weight excluding hydrogens is 524 g/mol. The predicted octanol–water partition coefficient (Wildman–Crippen LogP) is 3.55. The van der Waals surface area contributed by atoms with Crippen LogP contribution in [-0.2, 0) is 14.4 Å². The van der Waals surface area contributed by atoms with E-state index in [1.54, 1.807) is 30.1 Å². The first kappa shape index (κ1) is 34.1. The van der Waals surface area contributed by atoms with Crippen molar-refractivity contribution in [2.75, 3.05) is 33.3 Å². The summed E-state index contributed by atoms with van der Waals surface area (Å²) < 4.78 is 5.90. The van der Waals surface area contributed by atoms with E-state index in [0.717, 1.165) is 45.3 Å². The molecule has 0 saturated heterocycles. The van der Waals surface area contributed by atoms with E-state index in [0.29, 0.717) is 18.3 Å². The molecule has 1 heterocycles. The van der Waals surface area contributed by atoms with Crippen LogP contribution in [0.25, 0.3) is 0 Å². The Balaban J connectivity index is 2.16. The number of benzene rings is 1. The first-order valence-corrected chi connectivity index (χ1v) is 14.9. The van der Waals surface area contributed by atoms with Crippen molar-refractivity contribution in [1.82, 2.24) is 20.4 Å². The van der Waals surface area contributed by atoms with Crippen molar-refractivity contribution in [3.05, 3.63) is 29.8 Å². The maximum absolute atomic E-state index is 13.5. The number of nitrogens with one attached hydrogen (secondary N) is 2. The van der Waals surface area contributed by atoms with Gasteiger partial charge in [0.15, 0.2) is 0 Å². The quantitative estimate of drug-likeness (QED) is 0.326. The van der Waals surface area contributed by atoms with Gasteiger partial charge in [0.1, 0.15) is 24.4 Å². The van der Waals surface area contributed by atoms with Gasteiger partial charge in [-0.3, -0.25) is 14.4 Å². The van der Waals surface area contributed by atoms with E-state index in [1.165, 1.54) is 6.07 Å². The molecule has 1 aromatic carbocycles. The molecular formula is C31H50N4O6. The molecule has 230 valence electrons. The van der Waals surface area contributed by atoms with Gasteiger partial charge in [-0.25, -0.2) is 4.79 Å². The fourth-order valence-corrected chi connectivity index (χ4v) is 4.60. The average molecular weight is 575 g/mol. The van der Waals surface area contributed by atoms with Crippen LogP contribution in [0.2, 0.25) is 0 Å². The van der Waals surface area contributed by atoms with Crippen molar-refractivity contribution in [2.24, 2.45) is 11.8 Å². The monoisotopic (exact) mass is 574 g/mol. The van der Waals surface area contributed by atoms with Crippen LogP contribution in [0.3, 0.4) is 0 Å². The van der Waals surface area contributed by atoms with Gasteiger partial charge in [0.05, 0.1) is 18.0 Å². The van der Waals surface area contributed by atoms with E-state index >= 15 is 0 Å². The molecule has 1 aliphatic rings. The van der Waals surface area contributed by atoms with Gasteiger partial charge >= 0.3 is 5.97 Å². The molecule has 10 nitrogen and oxygen atoms in total. The third-order valence-electron chi connectivity index (χ3n) is 7.51. The molecule has 1 aromatic rings. The van der Waals surface area contributed by atoms with Crippen LogP contribution < -0.4 is 15.4 Å². The maximum Gasteiger partial charge on any atom is 0.326 e. The molecule has 0 bridgehead atoms. The number of hydrogen-bond acceptors (Lipinski definition) is 6. The van der Waals surface area contributed by atoms with Gasteiger partial charge in [-0.1, -0.05) is 39.8 Å². The number of carbonyl (C=O) groups excluding carboxylic acids is 3. The Labute approximate surface area is 245 Å². The highest BCUT2D eigenvalue weighted by atomic mass is 16.5. The van der Waals surface area contributed by atoms with E-state index in [9.17, 15) is 24.3 Å². The van der Waals surface area contributed by atoms with Crippen molar-refractivity contribution in [2.45, 2.75) is 91.3 Å². The highest BCUT2D eigenvalue weighted by Crippen LogP contribution is 2.20. The van der Waals surface area contributed by atoms with E-state index in [-0.39, 0.29) is 29.9 Å². The molecule has 10 heteroatoms. The Morgan fingerprint density at radius 2 is 1.66 bits per heavy atom. The number of fused-ring (bicyclic) bond motifs is 1. The molecule has 0 spiro atoms. The lowest BCUT2D eigenvalue weighted by Crippen LogP contribution is -2.52. The normalized spacial score (nSPS) is 20.9. The molecule has 0 aliphatic carbocycles. The number of likely N-dealkylation sites (N-methyl/N-ethyl adjacent to an activating group) is 1. The first-order chi connectivity index (χ1) is 19.4. The minimum absolute atomic E-state index is 0.121. The standard InChI is InChI=1S/C31H50N4O6/c1-21(2)14-17-35(18-15-22(3)4)16-10-9-12-25-30(38)34(6)23(5)20-41-27-13-8-7-11-24(27)29(37)33-26(31(39)40)19-28(36)32-25/h7-8,11,13,21-23,25-26H,9-10,12,14-20H2,1-6H3,(H,32,36)(H,33,37)(H,39,40)/t23-,25-,26-/m0/s1. The average Bonchev–Trinajstić information content (AvgIpc) is 2.92. The second-order valence-electron chi connectivity index (χ2n) is 12.0. The topological polar surface area (TPSA) is 128 Å². The summed E-state index contributed by atoms with van der Waals surface area (Å²) in [5, 5.41) is 14.9. The molecule has 3 amide bonds. The summed E-state index contributed by atoms with van der Waals surface area (Å²) in [5.74, 6) is -1.31. The Morgan fingerprint density at radius 1 is 1.02 bits per heavy atom. The largest absolute Gasteiger partial charge is 0.491 e. The SMILES string of the molecule is CC(C)CCN(CCCC[C@@H]1NC(=O)C[C@@H](C(=O)O)NC(=O)c2ccccc2OC[C@H](C)N(C)C1=O)CCC(C)C. The van der Waals surface area contributed by atoms with Crippen LogP contribution in [0.1, 0.15) is 83.5 Å². The lowest BCUT2D eigenvalue weighted by atomic mass is 10.0. The lowest BCUT2D eigenvalue weighted by molar-refractivity contribution is -0.142. The third kappa shape index (κ3) is 11.7. The Hall–Kier alpha value is -3.14. The smallest absolute Gasteiger partial charge is 0.326 e. The molecule has 2 rings (SSSR count). The second kappa shape index (κ2) is 17.0. The van der Waals surface area contributed by atoms with Crippen molar-refractivity contribution in [3.63, 3.8) is 0 Å². The zero-order chi connectivity index (χ0) is 30.5. The molecule has 0 aromatic heterocycles. The molecule has 41 heavy (non-hydrogen) atoms. The van der Waals surface area contributed by atoms with Crippen molar-refractivity contribution in [3.8, 4) is 5.75 Å². The van der Waals surface area contributed by atoms with Gasteiger partial charge in [-0.15, -0.1) is 0 Å². The first-order valence-electron chi connectivity index (χ1n) is 14.9. The number of nitrogens with zero attached hydrogens (tertiary/aromatic N) is 2. The summed E-state index contributed by atoms with van der Waals surface area (Å²) >= 11 is 0. The van der Waals surface area contributed by atoms with Crippen LogP contribution in [0, 0.1) is 11.8 Å². The van der Waals surface area contributed by atoms with Crippen molar-refractivity contribution < 1.29 is 29.0 Å². The molecule has 0 saturated carbocycles. The molecule has 3 N–H and O–H groups in total. The minimum Gasteiger partial charge on any atom is -0.491 e. The number of amides is 3. The number of unbranched alkanes of at least 4 members (excludes halogenated alkanes) is 1. The van der Waals surface area contributed by atoms with E-state index in [2.05, 4.69) is 43.2 Å². The fraction of sp³-hybridized carbons (Fsp3) is 0.677. The fourth-order valence-electron chi connectivity index (χ4n) is 4.60. The molecule has 0 radical (unpaired) electrons. The van der Waals surface area contributed by atoms with Crippen molar-refractivity contribution >= 4 is 23.7 Å². The number of carboxylic acid groups (broad SMARTS) is 1. The second-order valence-corrected chi connectivity index (χ2v) is 12.0. The van der Waals surface area contributed by atoms with E-state index < -0.39 is 36.3 Å². The third-order valence-corrected chi connectivity index (χ3v) is 7.51. The Morgan fingerprint density at radius 3 is 2.27 bits per heavy atom. The number of aliphatic carboxylic acids is 1. The molecule has 3 atom stereocenters. The summed E-state index contributed by atoms with van der Waals surface area (Å²) in [5.41, 5.74) is 0.158. The highest BCUT2D eigenvalue weighted by molar-refractivity contribution is 6.00. The number of carboxylic acids is 1. The Kier molecular flexibility index (Phi) is 14.1. The summed E-state index contributed by atoms with van der Waals surface area (Å²) in [6, 6.07) is 3.89. The predicted molar refractivity (Wildman–Crippen MR) is 159 cm³/mol. The van der Waals surface area contributed by atoms with Gasteiger partial charge < -0.3 is 30.3 Å². The van der Waals surface area contributed by atoms with Gasteiger partial charge in [-0.2, -0.15) is 0 Å². The molecule has 0 unspecified atom stereocenters. The van der Waals surface area contributed by atoms with Gasteiger partial charge in [0.25, 0.3) is 5.91 Å². The van der Waals surface area contributed by atoms with Gasteiger partial charge in [0, 0.05) is 7.05 Å². The Bertz CT molecular complexity index is 1000. The van der Waals surface area contributed by atoms with Crippen LogP contribution in [-0.4, -0.2) is 90.0 Å².